The van der Waals surface area contributed by atoms with Crippen LogP contribution in [0.15, 0.2) is 12.1 Å². The number of methoxy groups -OCH3 is 1. The van der Waals surface area contributed by atoms with Gasteiger partial charge in [-0.05, 0) is 25.6 Å². The third-order valence-corrected chi connectivity index (χ3v) is 3.93. The Bertz CT molecular complexity index is 507. The first-order valence-electron chi connectivity index (χ1n) is 6.46. The van der Waals surface area contributed by atoms with Gasteiger partial charge in [-0.1, -0.05) is 11.6 Å². The van der Waals surface area contributed by atoms with Crippen molar-refractivity contribution in [1.29, 1.82) is 0 Å². The second kappa shape index (κ2) is 6.43. The molecule has 5 nitrogen and oxygen atoms in total. The smallest absolute Gasteiger partial charge is 0.231 e. The maximum absolute atomic E-state index is 12.3. The van der Waals surface area contributed by atoms with Crippen molar-refractivity contribution < 1.29 is 14.3 Å². The van der Waals surface area contributed by atoms with E-state index in [1.165, 1.54) is 0 Å². The summed E-state index contributed by atoms with van der Waals surface area (Å²) in [7, 11) is 3.37. The van der Waals surface area contributed by atoms with Gasteiger partial charge >= 0.3 is 0 Å². The van der Waals surface area contributed by atoms with Gasteiger partial charge in [0.2, 0.25) is 5.91 Å². The number of hydrogen-bond donors (Lipinski definition) is 2. The number of carbonyl (C=O) groups excluding carboxylic acids is 1. The van der Waals surface area contributed by atoms with Gasteiger partial charge in [-0.3, -0.25) is 4.79 Å². The van der Waals surface area contributed by atoms with Crippen LogP contribution in [0.4, 0.5) is 5.69 Å². The predicted molar refractivity (Wildman–Crippen MR) is 78.5 cm³/mol. The van der Waals surface area contributed by atoms with Crippen molar-refractivity contribution >= 4 is 23.2 Å². The molecule has 2 rings (SSSR count). The number of ether oxygens (including phenoxy) is 2. The average Bonchev–Trinajstić information content (AvgIpc) is 2.91. The summed E-state index contributed by atoms with van der Waals surface area (Å²) in [5, 5.41) is 6.59. The van der Waals surface area contributed by atoms with Gasteiger partial charge in [-0.2, -0.15) is 0 Å². The molecule has 1 aliphatic heterocycles. The predicted octanol–water partition coefficient (Wildman–Crippen LogP) is 1.83. The summed E-state index contributed by atoms with van der Waals surface area (Å²) in [6.07, 6.45) is 0. The highest BCUT2D eigenvalue weighted by Crippen LogP contribution is 2.31. The summed E-state index contributed by atoms with van der Waals surface area (Å²) in [6, 6.07) is 3.55. The number of benzene rings is 1. The molecule has 20 heavy (non-hydrogen) atoms. The molecule has 0 aliphatic carbocycles. The minimum absolute atomic E-state index is 0.0365. The van der Waals surface area contributed by atoms with Crippen molar-refractivity contribution in [3.8, 4) is 5.75 Å². The number of anilines is 1. The van der Waals surface area contributed by atoms with Gasteiger partial charge in [0.25, 0.3) is 0 Å². The molecule has 2 N–H and O–H groups in total. The van der Waals surface area contributed by atoms with E-state index in [-0.39, 0.29) is 17.9 Å². The SMILES string of the molecule is CNC1COCC1C(=O)Nc1cc(C)c(Cl)cc1OC. The molecule has 110 valence electrons. The Kier molecular flexibility index (Phi) is 4.86. The first kappa shape index (κ1) is 15.1. The summed E-state index contributed by atoms with van der Waals surface area (Å²) in [5.74, 6) is 0.261. The highest BCUT2D eigenvalue weighted by Gasteiger charge is 2.33. The lowest BCUT2D eigenvalue weighted by atomic mass is 10.0. The molecule has 2 atom stereocenters. The summed E-state index contributed by atoms with van der Waals surface area (Å²) in [4.78, 5) is 12.3. The molecular weight excluding hydrogens is 280 g/mol. The van der Waals surface area contributed by atoms with E-state index in [1.807, 2.05) is 20.0 Å². The van der Waals surface area contributed by atoms with Crippen molar-refractivity contribution in [2.75, 3.05) is 32.7 Å². The largest absolute Gasteiger partial charge is 0.495 e. The standard InChI is InChI=1S/C14H19ClN2O3/c1-8-4-11(13(19-3)5-10(8)15)17-14(18)9-6-20-7-12(9)16-2/h4-5,9,12,16H,6-7H2,1-3H3,(H,17,18). The highest BCUT2D eigenvalue weighted by molar-refractivity contribution is 6.31. The van der Waals surface area contributed by atoms with Crippen molar-refractivity contribution in [2.24, 2.45) is 5.92 Å². The molecule has 1 aromatic rings. The molecule has 1 aliphatic rings. The van der Waals surface area contributed by atoms with Crippen LogP contribution in [0.5, 0.6) is 5.75 Å². The maximum Gasteiger partial charge on any atom is 0.231 e. The molecule has 1 saturated heterocycles. The van der Waals surface area contributed by atoms with E-state index in [4.69, 9.17) is 21.1 Å². The van der Waals surface area contributed by atoms with Crippen LogP contribution >= 0.6 is 11.6 Å². The number of aryl methyl sites for hydroxylation is 1. The average molecular weight is 299 g/mol. The molecule has 1 fully saturated rings. The van der Waals surface area contributed by atoms with Crippen LogP contribution in [0.1, 0.15) is 5.56 Å². The number of likely N-dealkylation sites (N-methyl/N-ethyl adjacent to an activating group) is 1. The topological polar surface area (TPSA) is 59.6 Å². The second-order valence-corrected chi connectivity index (χ2v) is 5.24. The Morgan fingerprint density at radius 1 is 1.45 bits per heavy atom. The van der Waals surface area contributed by atoms with Crippen molar-refractivity contribution in [2.45, 2.75) is 13.0 Å². The maximum atomic E-state index is 12.3. The van der Waals surface area contributed by atoms with E-state index >= 15 is 0 Å². The third kappa shape index (κ3) is 3.06. The van der Waals surface area contributed by atoms with E-state index in [1.54, 1.807) is 13.2 Å². The van der Waals surface area contributed by atoms with Crippen LogP contribution in [-0.2, 0) is 9.53 Å². The molecule has 0 saturated carbocycles. The van der Waals surface area contributed by atoms with E-state index in [2.05, 4.69) is 10.6 Å². The first-order valence-corrected chi connectivity index (χ1v) is 6.84. The molecule has 1 heterocycles. The Hall–Kier alpha value is -1.30. The number of rotatable bonds is 4. The lowest BCUT2D eigenvalue weighted by Gasteiger charge is -2.18. The molecule has 0 aromatic heterocycles. The van der Waals surface area contributed by atoms with Crippen LogP contribution in [0.25, 0.3) is 0 Å². The van der Waals surface area contributed by atoms with Gasteiger partial charge in [-0.25, -0.2) is 0 Å². The Morgan fingerprint density at radius 2 is 2.20 bits per heavy atom. The van der Waals surface area contributed by atoms with Gasteiger partial charge in [0.1, 0.15) is 5.75 Å². The van der Waals surface area contributed by atoms with Gasteiger partial charge in [0, 0.05) is 17.1 Å². The summed E-state index contributed by atoms with van der Waals surface area (Å²) < 4.78 is 10.6. The normalized spacial score (nSPS) is 21.8. The summed E-state index contributed by atoms with van der Waals surface area (Å²) in [6.45, 7) is 2.85. The molecule has 1 aromatic carbocycles. The van der Waals surface area contributed by atoms with Crippen LogP contribution in [-0.4, -0.2) is 39.3 Å². The van der Waals surface area contributed by atoms with Gasteiger partial charge in [0.05, 0.1) is 31.9 Å². The number of amides is 1. The van der Waals surface area contributed by atoms with Crippen LogP contribution in [0, 0.1) is 12.8 Å². The second-order valence-electron chi connectivity index (χ2n) is 4.83. The molecule has 6 heteroatoms. The van der Waals surface area contributed by atoms with E-state index in [0.717, 1.165) is 5.56 Å². The van der Waals surface area contributed by atoms with Gasteiger partial charge in [0.15, 0.2) is 0 Å². The minimum Gasteiger partial charge on any atom is -0.495 e. The fourth-order valence-electron chi connectivity index (χ4n) is 2.25. The molecule has 2 unspecified atom stereocenters. The fourth-order valence-corrected chi connectivity index (χ4v) is 2.41. The molecule has 0 radical (unpaired) electrons. The van der Waals surface area contributed by atoms with Crippen molar-refractivity contribution in [1.82, 2.24) is 5.32 Å². The Morgan fingerprint density at radius 3 is 2.85 bits per heavy atom. The summed E-state index contributed by atoms with van der Waals surface area (Å²) >= 11 is 6.05. The zero-order chi connectivity index (χ0) is 14.7. The molecule has 0 spiro atoms. The lowest BCUT2D eigenvalue weighted by Crippen LogP contribution is -2.39. The lowest BCUT2D eigenvalue weighted by molar-refractivity contribution is -0.120. The number of halogens is 1. The molecule has 0 bridgehead atoms. The van der Waals surface area contributed by atoms with Crippen LogP contribution < -0.4 is 15.4 Å². The summed E-state index contributed by atoms with van der Waals surface area (Å²) in [5.41, 5.74) is 1.51. The zero-order valence-corrected chi connectivity index (χ0v) is 12.6. The molecule has 1 amide bonds. The Balaban J connectivity index is 2.17. The number of nitrogens with one attached hydrogen (secondary N) is 2. The molecular formula is C14H19ClN2O3. The highest BCUT2D eigenvalue weighted by atomic mass is 35.5. The van der Waals surface area contributed by atoms with E-state index < -0.39 is 0 Å². The fraction of sp³-hybridized carbons (Fsp3) is 0.500. The van der Waals surface area contributed by atoms with Crippen LogP contribution in [0.2, 0.25) is 5.02 Å². The Labute approximate surface area is 123 Å². The zero-order valence-electron chi connectivity index (χ0n) is 11.8. The van der Waals surface area contributed by atoms with Crippen molar-refractivity contribution in [3.63, 3.8) is 0 Å². The van der Waals surface area contributed by atoms with Crippen molar-refractivity contribution in [3.05, 3.63) is 22.7 Å². The first-order chi connectivity index (χ1) is 9.56. The minimum atomic E-state index is -0.208. The van der Waals surface area contributed by atoms with Crippen LogP contribution in [0.3, 0.4) is 0 Å². The third-order valence-electron chi connectivity index (χ3n) is 3.53. The van der Waals surface area contributed by atoms with E-state index in [9.17, 15) is 4.79 Å². The number of hydrogen-bond acceptors (Lipinski definition) is 4. The quantitative estimate of drug-likeness (QED) is 0.890. The number of carbonyl (C=O) groups is 1. The monoisotopic (exact) mass is 298 g/mol. The van der Waals surface area contributed by atoms with E-state index in [0.29, 0.717) is 29.7 Å². The van der Waals surface area contributed by atoms with Gasteiger partial charge < -0.3 is 20.1 Å². The van der Waals surface area contributed by atoms with Gasteiger partial charge in [-0.15, -0.1) is 0 Å².